The van der Waals surface area contributed by atoms with Crippen LogP contribution in [0.2, 0.25) is 0 Å². The summed E-state index contributed by atoms with van der Waals surface area (Å²) in [4.78, 5) is 72.1. The zero-order valence-corrected chi connectivity index (χ0v) is 24.7. The number of hydrogen-bond acceptors (Lipinski definition) is 8. The minimum atomic E-state index is -1.12. The third kappa shape index (κ3) is 7.76. The van der Waals surface area contributed by atoms with E-state index in [1.165, 1.54) is 13.3 Å². The molecule has 0 radical (unpaired) electrons. The first-order valence-electron chi connectivity index (χ1n) is 14.2. The van der Waals surface area contributed by atoms with Gasteiger partial charge in [-0.15, -0.1) is 0 Å². The number of carbonyl (C=O) groups is 5. The molecule has 0 aliphatic carbocycles. The predicted octanol–water partition coefficient (Wildman–Crippen LogP) is 2.46. The van der Waals surface area contributed by atoms with Gasteiger partial charge in [-0.05, 0) is 62.4 Å². The normalized spacial score (nSPS) is 15.9. The number of benzene rings is 1. The van der Waals surface area contributed by atoms with Crippen LogP contribution in [0.1, 0.15) is 59.7 Å². The van der Waals surface area contributed by atoms with Crippen LogP contribution >= 0.6 is 0 Å². The lowest BCUT2D eigenvalue weighted by molar-refractivity contribution is -0.131. The highest BCUT2D eigenvalue weighted by molar-refractivity contribution is 6.02. The van der Waals surface area contributed by atoms with Crippen molar-refractivity contribution in [3.8, 4) is 5.75 Å². The van der Waals surface area contributed by atoms with Gasteiger partial charge in [0.2, 0.25) is 11.8 Å². The number of Topliss-reactive ketones (excluding diaryl/α,β-unsaturated/α-hetero) is 1. The fourth-order valence-electron chi connectivity index (χ4n) is 5.08. The minimum absolute atomic E-state index is 0.0253. The van der Waals surface area contributed by atoms with E-state index >= 15 is 0 Å². The Morgan fingerprint density at radius 3 is 2.56 bits per heavy atom. The molecule has 1 aromatic carbocycles. The number of aryl methyl sites for hydroxylation is 1. The van der Waals surface area contributed by atoms with Gasteiger partial charge in [0.1, 0.15) is 17.5 Å². The highest BCUT2D eigenvalue weighted by atomic mass is 16.5. The quantitative estimate of drug-likeness (QED) is 0.220. The molecular weight excluding hydrogens is 554 g/mol. The molecule has 3 heterocycles. The van der Waals surface area contributed by atoms with Crippen LogP contribution in [0.5, 0.6) is 5.75 Å². The van der Waals surface area contributed by atoms with E-state index in [0.29, 0.717) is 36.3 Å². The summed E-state index contributed by atoms with van der Waals surface area (Å²) >= 11 is 0. The molecule has 228 valence electrons. The van der Waals surface area contributed by atoms with Gasteiger partial charge in [0.15, 0.2) is 12.4 Å². The van der Waals surface area contributed by atoms with Crippen LogP contribution < -0.4 is 20.7 Å². The zero-order chi connectivity index (χ0) is 31.1. The number of H-pyrrole nitrogens is 1. The van der Waals surface area contributed by atoms with Gasteiger partial charge in [-0.25, -0.2) is 4.79 Å². The van der Waals surface area contributed by atoms with Crippen LogP contribution in [0.3, 0.4) is 0 Å². The van der Waals surface area contributed by atoms with Gasteiger partial charge in [0.05, 0.1) is 24.4 Å². The summed E-state index contributed by atoms with van der Waals surface area (Å²) < 4.78 is 10.6. The molecule has 1 aliphatic heterocycles. The lowest BCUT2D eigenvalue weighted by Crippen LogP contribution is -2.53. The maximum Gasteiger partial charge on any atom is 0.340 e. The summed E-state index contributed by atoms with van der Waals surface area (Å²) in [5, 5.41) is 8.96. The van der Waals surface area contributed by atoms with Crippen LogP contribution in [0.15, 0.2) is 42.6 Å². The highest BCUT2D eigenvalue weighted by Crippen LogP contribution is 2.26. The van der Waals surface area contributed by atoms with Crippen molar-refractivity contribution in [1.29, 1.82) is 0 Å². The van der Waals surface area contributed by atoms with Gasteiger partial charge in [0.25, 0.3) is 5.91 Å². The number of rotatable bonds is 13. The zero-order valence-electron chi connectivity index (χ0n) is 24.7. The second-order valence-corrected chi connectivity index (χ2v) is 11.0. The molecule has 2 aromatic heterocycles. The van der Waals surface area contributed by atoms with Gasteiger partial charge >= 0.3 is 5.97 Å². The third-order valence-corrected chi connectivity index (χ3v) is 7.38. The summed E-state index contributed by atoms with van der Waals surface area (Å²) in [6, 6.07) is 8.07. The lowest BCUT2D eigenvalue weighted by atomic mass is 9.95. The van der Waals surface area contributed by atoms with Gasteiger partial charge < -0.3 is 30.4 Å². The molecule has 1 aliphatic rings. The van der Waals surface area contributed by atoms with Crippen molar-refractivity contribution in [2.24, 2.45) is 11.8 Å². The standard InChI is InChI=1S/C31H37N5O7/c1-17(2)13-24(36-30(40)25-15-21-22(34-25)8-5-9-27(21)42-4)29(39)35-23(14-19-10-12-33-28(19)38)26(37)16-43-31(41)20-7-6-11-32-18(20)3/h5-9,11,15,17,19,23-24,34H,10,12-14,16H2,1-4H3,(H,33,38)(H,35,39)(H,36,40)/t19-,23-,24-/m0/s1. The number of carbonyl (C=O) groups excluding carboxylic acids is 5. The van der Waals surface area contributed by atoms with Crippen molar-refractivity contribution < 1.29 is 33.4 Å². The van der Waals surface area contributed by atoms with E-state index < -0.39 is 48.2 Å². The molecule has 0 spiro atoms. The summed E-state index contributed by atoms with van der Waals surface area (Å²) in [5.74, 6) is -2.46. The molecule has 0 bridgehead atoms. The largest absolute Gasteiger partial charge is 0.496 e. The van der Waals surface area contributed by atoms with E-state index in [9.17, 15) is 24.0 Å². The molecule has 1 fully saturated rings. The molecule has 0 saturated carbocycles. The monoisotopic (exact) mass is 591 g/mol. The number of ketones is 1. The Labute approximate surface area is 249 Å². The van der Waals surface area contributed by atoms with Crippen LogP contribution in [0.4, 0.5) is 0 Å². The average molecular weight is 592 g/mol. The Kier molecular flexibility index (Phi) is 10.1. The second kappa shape index (κ2) is 14.0. The number of pyridine rings is 1. The number of aromatic amines is 1. The summed E-state index contributed by atoms with van der Waals surface area (Å²) in [6.07, 6.45) is 2.37. The number of nitrogens with one attached hydrogen (secondary N) is 4. The van der Waals surface area contributed by atoms with Crippen molar-refractivity contribution in [2.45, 2.75) is 52.1 Å². The number of ether oxygens (including phenoxy) is 2. The number of amides is 3. The smallest absolute Gasteiger partial charge is 0.340 e. The van der Waals surface area contributed by atoms with Crippen molar-refractivity contribution in [3.63, 3.8) is 0 Å². The predicted molar refractivity (Wildman–Crippen MR) is 157 cm³/mol. The van der Waals surface area contributed by atoms with Gasteiger partial charge in [-0.2, -0.15) is 0 Å². The fourth-order valence-corrected chi connectivity index (χ4v) is 5.08. The average Bonchev–Trinajstić information content (AvgIpc) is 3.60. The Balaban J connectivity index is 1.49. The number of hydrogen-bond donors (Lipinski definition) is 4. The van der Waals surface area contributed by atoms with Gasteiger partial charge in [0, 0.05) is 29.6 Å². The minimum Gasteiger partial charge on any atom is -0.496 e. The number of methoxy groups -OCH3 is 1. The maximum atomic E-state index is 13.6. The second-order valence-electron chi connectivity index (χ2n) is 11.0. The van der Waals surface area contributed by atoms with Gasteiger partial charge in [-0.3, -0.25) is 24.2 Å². The van der Waals surface area contributed by atoms with E-state index in [1.54, 1.807) is 37.3 Å². The first-order valence-corrected chi connectivity index (χ1v) is 14.2. The van der Waals surface area contributed by atoms with Crippen molar-refractivity contribution >= 4 is 40.4 Å². The molecule has 4 rings (SSSR count). The summed E-state index contributed by atoms with van der Waals surface area (Å²) in [7, 11) is 1.54. The molecule has 43 heavy (non-hydrogen) atoms. The fraction of sp³-hybridized carbons (Fsp3) is 0.419. The Morgan fingerprint density at radius 1 is 1.09 bits per heavy atom. The number of aromatic nitrogens is 2. The Bertz CT molecular complexity index is 1520. The number of fused-ring (bicyclic) bond motifs is 1. The molecule has 3 amide bonds. The van der Waals surface area contributed by atoms with E-state index in [2.05, 4.69) is 25.9 Å². The van der Waals surface area contributed by atoms with Crippen molar-refractivity contribution in [1.82, 2.24) is 25.9 Å². The topological polar surface area (TPSA) is 169 Å². The first kappa shape index (κ1) is 31.2. The van der Waals surface area contributed by atoms with Crippen molar-refractivity contribution in [2.75, 3.05) is 20.3 Å². The first-order chi connectivity index (χ1) is 20.6. The van der Waals surface area contributed by atoms with E-state index in [-0.39, 0.29) is 29.5 Å². The van der Waals surface area contributed by atoms with Crippen LogP contribution in [-0.2, 0) is 19.1 Å². The Hall–Kier alpha value is -4.74. The summed E-state index contributed by atoms with van der Waals surface area (Å²) in [5.41, 5.74) is 1.62. The van der Waals surface area contributed by atoms with Crippen molar-refractivity contribution in [3.05, 3.63) is 59.5 Å². The molecule has 4 N–H and O–H groups in total. The highest BCUT2D eigenvalue weighted by Gasteiger charge is 2.34. The lowest BCUT2D eigenvalue weighted by Gasteiger charge is -2.25. The number of nitrogens with zero attached hydrogens (tertiary/aromatic N) is 1. The van der Waals surface area contributed by atoms with E-state index in [0.717, 1.165) is 5.39 Å². The molecule has 3 aromatic rings. The molecule has 12 heteroatoms. The Morgan fingerprint density at radius 2 is 1.88 bits per heavy atom. The molecular formula is C31H37N5O7. The molecule has 1 saturated heterocycles. The third-order valence-electron chi connectivity index (χ3n) is 7.38. The molecule has 3 atom stereocenters. The maximum absolute atomic E-state index is 13.6. The molecule has 0 unspecified atom stereocenters. The number of esters is 1. The van der Waals surface area contributed by atoms with Crippen LogP contribution in [0, 0.1) is 18.8 Å². The summed E-state index contributed by atoms with van der Waals surface area (Å²) in [6.45, 7) is 5.33. The van der Waals surface area contributed by atoms with Gasteiger partial charge in [-0.1, -0.05) is 19.9 Å². The molecule has 12 nitrogen and oxygen atoms in total. The van der Waals surface area contributed by atoms with Crippen LogP contribution in [0.25, 0.3) is 10.9 Å². The van der Waals surface area contributed by atoms with E-state index in [4.69, 9.17) is 9.47 Å². The van der Waals surface area contributed by atoms with Crippen LogP contribution in [-0.4, -0.2) is 71.8 Å². The SMILES string of the molecule is COc1cccc2[nH]c(C(=O)N[C@@H](CC(C)C)C(=O)N[C@@H](C[C@@H]3CCNC3=O)C(=O)COC(=O)c3cccnc3C)cc12. The van der Waals surface area contributed by atoms with E-state index in [1.807, 2.05) is 19.9 Å².